The molecular weight excluding hydrogens is 290 g/mol. The Morgan fingerprint density at radius 2 is 2.15 bits per heavy atom. The van der Waals surface area contributed by atoms with E-state index in [2.05, 4.69) is 30.3 Å². The molecule has 3 aromatic rings. The lowest BCUT2D eigenvalue weighted by Crippen LogP contribution is -2.02. The van der Waals surface area contributed by atoms with Crippen LogP contribution in [0, 0.1) is 0 Å². The molecule has 0 spiro atoms. The minimum Gasteiger partial charge on any atom is -0.271 e. The lowest BCUT2D eigenvalue weighted by molar-refractivity contribution is 0.758. The summed E-state index contributed by atoms with van der Waals surface area (Å²) in [6.07, 6.45) is 2.96. The van der Waals surface area contributed by atoms with E-state index in [1.54, 1.807) is 11.3 Å². The van der Waals surface area contributed by atoms with Gasteiger partial charge >= 0.3 is 0 Å². The highest BCUT2D eigenvalue weighted by Gasteiger charge is 2.17. The largest absolute Gasteiger partial charge is 0.271 e. The lowest BCUT2D eigenvalue weighted by Gasteiger charge is -2.07. The van der Waals surface area contributed by atoms with Crippen LogP contribution in [0.25, 0.3) is 16.2 Å². The van der Waals surface area contributed by atoms with Gasteiger partial charge in [-0.3, -0.25) is 4.57 Å². The maximum atomic E-state index is 6.07. The monoisotopic (exact) mass is 305 g/mol. The third-order valence-corrected chi connectivity index (χ3v) is 4.60. The fourth-order valence-corrected chi connectivity index (χ4v) is 3.26. The maximum Gasteiger partial charge on any atom is 0.195 e. The van der Waals surface area contributed by atoms with Crippen molar-refractivity contribution < 1.29 is 0 Å². The van der Waals surface area contributed by atoms with Gasteiger partial charge in [0.1, 0.15) is 5.82 Å². The van der Waals surface area contributed by atoms with Gasteiger partial charge in [0.25, 0.3) is 0 Å². The van der Waals surface area contributed by atoms with Crippen molar-refractivity contribution in [2.75, 3.05) is 0 Å². The van der Waals surface area contributed by atoms with Crippen molar-refractivity contribution in [1.29, 1.82) is 0 Å². The third kappa shape index (κ3) is 2.23. The van der Waals surface area contributed by atoms with Crippen molar-refractivity contribution in [3.63, 3.8) is 0 Å². The average Bonchev–Trinajstić information content (AvgIpc) is 3.00. The van der Waals surface area contributed by atoms with Crippen LogP contribution in [-0.2, 0) is 6.42 Å². The highest BCUT2D eigenvalue weighted by atomic mass is 35.5. The normalized spacial score (nSPS) is 11.7. The second kappa shape index (κ2) is 5.19. The van der Waals surface area contributed by atoms with E-state index in [4.69, 9.17) is 16.6 Å². The summed E-state index contributed by atoms with van der Waals surface area (Å²) >= 11 is 7.79. The molecule has 0 aliphatic heterocycles. The zero-order valence-corrected chi connectivity index (χ0v) is 13.3. The van der Waals surface area contributed by atoms with Crippen molar-refractivity contribution in [2.24, 2.45) is 0 Å². The molecule has 0 N–H and O–H groups in total. The van der Waals surface area contributed by atoms with Crippen molar-refractivity contribution in [3.05, 3.63) is 40.1 Å². The van der Waals surface area contributed by atoms with E-state index in [0.29, 0.717) is 10.9 Å². The molecule has 0 atom stereocenters. The Balaban J connectivity index is 2.28. The van der Waals surface area contributed by atoms with Gasteiger partial charge in [0.15, 0.2) is 5.13 Å². The number of benzene rings is 1. The second-order valence-corrected chi connectivity index (χ2v) is 6.59. The van der Waals surface area contributed by atoms with E-state index in [1.165, 1.54) is 4.88 Å². The zero-order chi connectivity index (χ0) is 14.3. The molecule has 0 saturated heterocycles. The van der Waals surface area contributed by atoms with Crippen molar-refractivity contribution >= 4 is 34.0 Å². The molecule has 2 aromatic heterocycles. The van der Waals surface area contributed by atoms with Gasteiger partial charge in [0.05, 0.1) is 11.0 Å². The van der Waals surface area contributed by atoms with Crippen LogP contribution in [0.5, 0.6) is 0 Å². The van der Waals surface area contributed by atoms with Gasteiger partial charge < -0.3 is 0 Å². The summed E-state index contributed by atoms with van der Waals surface area (Å²) in [6.45, 7) is 6.44. The summed E-state index contributed by atoms with van der Waals surface area (Å²) in [5, 5.41) is 1.70. The Kier molecular flexibility index (Phi) is 3.52. The molecule has 5 heteroatoms. The summed E-state index contributed by atoms with van der Waals surface area (Å²) in [7, 11) is 0. The first-order valence-electron chi connectivity index (χ1n) is 6.73. The van der Waals surface area contributed by atoms with Crippen LogP contribution in [0.2, 0.25) is 5.02 Å². The molecule has 20 heavy (non-hydrogen) atoms. The van der Waals surface area contributed by atoms with E-state index >= 15 is 0 Å². The number of fused-ring (bicyclic) bond motifs is 1. The fourth-order valence-electron chi connectivity index (χ4n) is 2.22. The lowest BCUT2D eigenvalue weighted by atomic mass is 10.2. The average molecular weight is 306 g/mol. The number of imidazole rings is 1. The number of halogens is 1. The number of aryl methyl sites for hydroxylation is 1. The van der Waals surface area contributed by atoms with Crippen LogP contribution in [0.1, 0.15) is 37.4 Å². The van der Waals surface area contributed by atoms with Gasteiger partial charge in [-0.1, -0.05) is 32.4 Å². The van der Waals surface area contributed by atoms with Crippen molar-refractivity contribution in [2.45, 2.75) is 33.1 Å². The van der Waals surface area contributed by atoms with Crippen LogP contribution in [-0.4, -0.2) is 14.5 Å². The molecule has 0 aliphatic rings. The van der Waals surface area contributed by atoms with Gasteiger partial charge in [-0.05, 0) is 24.6 Å². The SMILES string of the molecule is CCc1cnc(-n2c(C(C)C)nc3cc(Cl)ccc32)s1. The molecule has 0 saturated carbocycles. The molecule has 0 amide bonds. The zero-order valence-electron chi connectivity index (χ0n) is 11.7. The molecule has 0 unspecified atom stereocenters. The van der Waals surface area contributed by atoms with Crippen LogP contribution < -0.4 is 0 Å². The van der Waals surface area contributed by atoms with Gasteiger partial charge in [-0.25, -0.2) is 9.97 Å². The number of hydrogen-bond donors (Lipinski definition) is 0. The number of rotatable bonds is 3. The molecule has 0 radical (unpaired) electrons. The smallest absolute Gasteiger partial charge is 0.195 e. The topological polar surface area (TPSA) is 30.7 Å². The predicted molar refractivity (Wildman–Crippen MR) is 85.2 cm³/mol. The molecule has 0 aliphatic carbocycles. The molecular formula is C15H16ClN3S. The molecule has 0 fully saturated rings. The summed E-state index contributed by atoms with van der Waals surface area (Å²) in [4.78, 5) is 10.6. The first kappa shape index (κ1) is 13.6. The van der Waals surface area contributed by atoms with Crippen LogP contribution >= 0.6 is 22.9 Å². The van der Waals surface area contributed by atoms with Gasteiger partial charge in [0.2, 0.25) is 0 Å². The van der Waals surface area contributed by atoms with E-state index in [1.807, 2.05) is 24.4 Å². The molecule has 1 aromatic carbocycles. The number of nitrogens with zero attached hydrogens (tertiary/aromatic N) is 3. The Hall–Kier alpha value is -1.39. The molecule has 3 rings (SSSR count). The second-order valence-electron chi connectivity index (χ2n) is 5.06. The summed E-state index contributed by atoms with van der Waals surface area (Å²) in [6, 6.07) is 5.83. The first-order valence-corrected chi connectivity index (χ1v) is 7.92. The molecule has 2 heterocycles. The Morgan fingerprint density at radius 1 is 1.35 bits per heavy atom. The van der Waals surface area contributed by atoms with E-state index < -0.39 is 0 Å². The van der Waals surface area contributed by atoms with Gasteiger partial charge in [0, 0.05) is 22.0 Å². The summed E-state index contributed by atoms with van der Waals surface area (Å²) < 4.78 is 2.15. The van der Waals surface area contributed by atoms with Crippen LogP contribution in [0.3, 0.4) is 0 Å². The van der Waals surface area contributed by atoms with E-state index in [0.717, 1.165) is 28.4 Å². The predicted octanol–water partition coefficient (Wildman–Crippen LogP) is 4.82. The standard InChI is InChI=1S/C15H16ClN3S/c1-4-11-8-17-15(20-11)19-13-6-5-10(16)7-12(13)18-14(19)9(2)3/h5-9H,4H2,1-3H3. The maximum absolute atomic E-state index is 6.07. The van der Waals surface area contributed by atoms with Crippen LogP contribution in [0.4, 0.5) is 0 Å². The highest BCUT2D eigenvalue weighted by Crippen LogP contribution is 2.29. The van der Waals surface area contributed by atoms with Gasteiger partial charge in [-0.15, -0.1) is 11.3 Å². The Bertz CT molecular complexity index is 758. The summed E-state index contributed by atoms with van der Waals surface area (Å²) in [5.41, 5.74) is 1.99. The number of thiazole rings is 1. The van der Waals surface area contributed by atoms with E-state index in [-0.39, 0.29) is 0 Å². The van der Waals surface area contributed by atoms with Crippen molar-refractivity contribution in [3.8, 4) is 5.13 Å². The number of aromatic nitrogens is 3. The van der Waals surface area contributed by atoms with Crippen molar-refractivity contribution in [1.82, 2.24) is 14.5 Å². The van der Waals surface area contributed by atoms with Crippen LogP contribution in [0.15, 0.2) is 24.4 Å². The Labute approximate surface area is 127 Å². The van der Waals surface area contributed by atoms with Gasteiger partial charge in [-0.2, -0.15) is 0 Å². The summed E-state index contributed by atoms with van der Waals surface area (Å²) in [5.74, 6) is 1.36. The highest BCUT2D eigenvalue weighted by molar-refractivity contribution is 7.14. The first-order chi connectivity index (χ1) is 9.60. The molecule has 3 nitrogen and oxygen atoms in total. The third-order valence-electron chi connectivity index (χ3n) is 3.24. The quantitative estimate of drug-likeness (QED) is 0.694. The van der Waals surface area contributed by atoms with E-state index in [9.17, 15) is 0 Å². The minimum atomic E-state index is 0.329. The Morgan fingerprint density at radius 3 is 2.80 bits per heavy atom. The molecule has 104 valence electrons. The number of hydrogen-bond acceptors (Lipinski definition) is 3. The molecule has 0 bridgehead atoms. The minimum absolute atomic E-state index is 0.329. The fraction of sp³-hybridized carbons (Fsp3) is 0.333.